The van der Waals surface area contributed by atoms with Crippen LogP contribution in [0.4, 0.5) is 0 Å². The van der Waals surface area contributed by atoms with Gasteiger partial charge in [-0.15, -0.1) is 0 Å². The van der Waals surface area contributed by atoms with Crippen molar-refractivity contribution in [3.63, 3.8) is 0 Å². The molecular weight excluding hydrogens is 208 g/mol. The van der Waals surface area contributed by atoms with Crippen LogP contribution in [0.2, 0.25) is 0 Å². The number of carbonyl (C=O) groups is 2. The van der Waals surface area contributed by atoms with E-state index in [1.54, 1.807) is 11.9 Å². The van der Waals surface area contributed by atoms with Crippen LogP contribution in [0.1, 0.15) is 13.3 Å². The van der Waals surface area contributed by atoms with E-state index in [1.807, 2.05) is 6.07 Å². The monoisotopic (exact) mass is 226 g/mol. The van der Waals surface area contributed by atoms with E-state index in [0.29, 0.717) is 26.1 Å². The molecule has 0 aliphatic heterocycles. The van der Waals surface area contributed by atoms with Crippen LogP contribution in [0.5, 0.6) is 0 Å². The van der Waals surface area contributed by atoms with Crippen LogP contribution < -0.4 is 10.6 Å². The van der Waals surface area contributed by atoms with Gasteiger partial charge >= 0.3 is 0 Å². The highest BCUT2D eigenvalue weighted by Gasteiger charge is 2.04. The molecule has 0 saturated heterocycles. The molecule has 2 N–H and O–H groups in total. The lowest BCUT2D eigenvalue weighted by atomic mass is 10.4. The Hall–Kier alpha value is -1.61. The first-order chi connectivity index (χ1) is 7.56. The minimum Gasteiger partial charge on any atom is -0.355 e. The number of amides is 2. The molecule has 0 unspecified atom stereocenters. The second kappa shape index (κ2) is 8.68. The Labute approximate surface area is 95.6 Å². The van der Waals surface area contributed by atoms with Crippen molar-refractivity contribution in [2.24, 2.45) is 0 Å². The largest absolute Gasteiger partial charge is 0.355 e. The summed E-state index contributed by atoms with van der Waals surface area (Å²) in [6.07, 6.45) is 0.412. The van der Waals surface area contributed by atoms with Gasteiger partial charge in [-0.2, -0.15) is 5.26 Å². The van der Waals surface area contributed by atoms with Crippen molar-refractivity contribution in [2.75, 3.05) is 33.2 Å². The van der Waals surface area contributed by atoms with E-state index in [0.717, 1.165) is 0 Å². The molecule has 6 heteroatoms. The summed E-state index contributed by atoms with van der Waals surface area (Å²) in [5, 5.41) is 13.6. The quantitative estimate of drug-likeness (QED) is 0.550. The van der Waals surface area contributed by atoms with Crippen LogP contribution in [-0.4, -0.2) is 49.9 Å². The van der Waals surface area contributed by atoms with Crippen molar-refractivity contribution in [3.8, 4) is 6.07 Å². The molecule has 0 aliphatic rings. The van der Waals surface area contributed by atoms with Crippen molar-refractivity contribution >= 4 is 11.8 Å². The number of nitriles is 1. The van der Waals surface area contributed by atoms with E-state index in [1.165, 1.54) is 6.92 Å². The van der Waals surface area contributed by atoms with E-state index in [-0.39, 0.29) is 18.4 Å². The first kappa shape index (κ1) is 14.4. The Morgan fingerprint density at radius 1 is 1.31 bits per heavy atom. The summed E-state index contributed by atoms with van der Waals surface area (Å²) in [5.74, 6) is -0.217. The highest BCUT2D eigenvalue weighted by atomic mass is 16.2. The number of carbonyl (C=O) groups excluding carboxylic acids is 2. The zero-order valence-electron chi connectivity index (χ0n) is 9.75. The number of likely N-dealkylation sites (N-methyl/N-ethyl adjacent to an activating group) is 1. The maximum absolute atomic E-state index is 11.3. The second-order valence-corrected chi connectivity index (χ2v) is 3.48. The van der Waals surface area contributed by atoms with Gasteiger partial charge in [-0.25, -0.2) is 0 Å². The van der Waals surface area contributed by atoms with Gasteiger partial charge in [0, 0.05) is 33.0 Å². The first-order valence-electron chi connectivity index (χ1n) is 5.13. The molecule has 0 spiro atoms. The molecule has 0 aromatic rings. The SMILES string of the molecule is CC(=O)NCCNC(=O)CN(C)CCC#N. The Morgan fingerprint density at radius 2 is 1.94 bits per heavy atom. The Bertz CT molecular complexity index is 272. The van der Waals surface area contributed by atoms with Gasteiger partial charge in [-0.1, -0.05) is 0 Å². The van der Waals surface area contributed by atoms with E-state index < -0.39 is 0 Å². The standard InChI is InChI=1S/C10H18N4O2/c1-9(15)12-5-6-13-10(16)8-14(2)7-3-4-11/h3,5-8H2,1-2H3,(H,12,15)(H,13,16). The van der Waals surface area contributed by atoms with Gasteiger partial charge in [-0.05, 0) is 7.05 Å². The first-order valence-corrected chi connectivity index (χ1v) is 5.13. The molecule has 0 heterocycles. The van der Waals surface area contributed by atoms with Crippen molar-refractivity contribution in [1.82, 2.24) is 15.5 Å². The molecule has 0 aromatic heterocycles. The van der Waals surface area contributed by atoms with Crippen molar-refractivity contribution < 1.29 is 9.59 Å². The summed E-state index contributed by atoms with van der Waals surface area (Å²) in [6.45, 7) is 3.13. The molecule has 0 fully saturated rings. The zero-order chi connectivity index (χ0) is 12.4. The average molecular weight is 226 g/mol. The van der Waals surface area contributed by atoms with Crippen LogP contribution in [0, 0.1) is 11.3 Å². The average Bonchev–Trinajstić information content (AvgIpc) is 2.21. The van der Waals surface area contributed by atoms with Gasteiger partial charge < -0.3 is 10.6 Å². The summed E-state index contributed by atoms with van der Waals surface area (Å²) >= 11 is 0. The van der Waals surface area contributed by atoms with Crippen LogP contribution in [0.25, 0.3) is 0 Å². The fourth-order valence-corrected chi connectivity index (χ4v) is 1.06. The van der Waals surface area contributed by atoms with E-state index in [9.17, 15) is 9.59 Å². The summed E-state index contributed by atoms with van der Waals surface area (Å²) in [7, 11) is 1.78. The maximum Gasteiger partial charge on any atom is 0.234 e. The molecule has 6 nitrogen and oxygen atoms in total. The lowest BCUT2D eigenvalue weighted by molar-refractivity contribution is -0.122. The summed E-state index contributed by atoms with van der Waals surface area (Å²) in [6, 6.07) is 2.02. The summed E-state index contributed by atoms with van der Waals surface area (Å²) < 4.78 is 0. The minimum atomic E-state index is -0.111. The summed E-state index contributed by atoms with van der Waals surface area (Å²) in [5.41, 5.74) is 0. The molecule has 0 aromatic carbocycles. The van der Waals surface area contributed by atoms with Crippen LogP contribution in [-0.2, 0) is 9.59 Å². The predicted molar refractivity (Wildman–Crippen MR) is 59.4 cm³/mol. The van der Waals surface area contributed by atoms with Crippen LogP contribution in [0.3, 0.4) is 0 Å². The number of nitrogens with zero attached hydrogens (tertiary/aromatic N) is 2. The lowest BCUT2D eigenvalue weighted by Gasteiger charge is -2.14. The van der Waals surface area contributed by atoms with Crippen molar-refractivity contribution in [3.05, 3.63) is 0 Å². The van der Waals surface area contributed by atoms with E-state index in [2.05, 4.69) is 10.6 Å². The number of nitrogens with one attached hydrogen (secondary N) is 2. The van der Waals surface area contributed by atoms with E-state index in [4.69, 9.17) is 5.26 Å². The maximum atomic E-state index is 11.3. The molecule has 90 valence electrons. The lowest BCUT2D eigenvalue weighted by Crippen LogP contribution is -2.39. The van der Waals surface area contributed by atoms with Crippen molar-refractivity contribution in [1.29, 1.82) is 5.26 Å². The van der Waals surface area contributed by atoms with E-state index >= 15 is 0 Å². The highest BCUT2D eigenvalue weighted by molar-refractivity contribution is 5.78. The molecule has 0 atom stereocenters. The third kappa shape index (κ3) is 8.97. The molecule has 0 saturated carbocycles. The van der Waals surface area contributed by atoms with Gasteiger partial charge in [-0.3, -0.25) is 14.5 Å². The molecule has 0 radical (unpaired) electrons. The minimum absolute atomic E-state index is 0.106. The number of rotatable bonds is 7. The molecule has 0 rings (SSSR count). The summed E-state index contributed by atoms with van der Waals surface area (Å²) in [4.78, 5) is 23.6. The number of hydrogen-bond acceptors (Lipinski definition) is 4. The van der Waals surface area contributed by atoms with Gasteiger partial charge in [0.25, 0.3) is 0 Å². The fraction of sp³-hybridized carbons (Fsp3) is 0.700. The van der Waals surface area contributed by atoms with Crippen molar-refractivity contribution in [2.45, 2.75) is 13.3 Å². The molecular formula is C10H18N4O2. The Kier molecular flexibility index (Phi) is 7.81. The van der Waals surface area contributed by atoms with Crippen LogP contribution >= 0.6 is 0 Å². The fourth-order valence-electron chi connectivity index (χ4n) is 1.06. The third-order valence-electron chi connectivity index (χ3n) is 1.84. The molecule has 0 bridgehead atoms. The highest BCUT2D eigenvalue weighted by Crippen LogP contribution is 1.85. The van der Waals surface area contributed by atoms with Crippen LogP contribution in [0.15, 0.2) is 0 Å². The Morgan fingerprint density at radius 3 is 2.50 bits per heavy atom. The van der Waals surface area contributed by atoms with Gasteiger partial charge in [0.2, 0.25) is 11.8 Å². The molecule has 2 amide bonds. The predicted octanol–water partition coefficient (Wildman–Crippen LogP) is -0.916. The van der Waals surface area contributed by atoms with Gasteiger partial charge in [0.05, 0.1) is 12.6 Å². The zero-order valence-corrected chi connectivity index (χ0v) is 9.75. The topological polar surface area (TPSA) is 85.2 Å². The molecule has 0 aliphatic carbocycles. The normalized spacial score (nSPS) is 9.62. The third-order valence-corrected chi connectivity index (χ3v) is 1.84. The Balaban J connectivity index is 3.51. The smallest absolute Gasteiger partial charge is 0.234 e. The molecule has 16 heavy (non-hydrogen) atoms. The second-order valence-electron chi connectivity index (χ2n) is 3.48. The van der Waals surface area contributed by atoms with Gasteiger partial charge in [0.1, 0.15) is 0 Å². The van der Waals surface area contributed by atoms with Gasteiger partial charge in [0.15, 0.2) is 0 Å². The number of hydrogen-bond donors (Lipinski definition) is 2.